The van der Waals surface area contributed by atoms with E-state index in [0.29, 0.717) is 6.61 Å². The van der Waals surface area contributed by atoms with Crippen LogP contribution >= 0.6 is 0 Å². The van der Waals surface area contributed by atoms with Crippen molar-refractivity contribution in [2.45, 2.75) is 72.4 Å². The zero-order valence-corrected chi connectivity index (χ0v) is 20.1. The number of nitrogens with zero attached hydrogens (tertiary/aromatic N) is 2. The molecule has 0 saturated carbocycles. The Hall–Kier alpha value is -1.83. The minimum absolute atomic E-state index is 0.105. The molecule has 0 aliphatic rings. The second-order valence-electron chi connectivity index (χ2n) is 8.27. The van der Waals surface area contributed by atoms with Crippen molar-refractivity contribution < 1.29 is 28.6 Å². The van der Waals surface area contributed by atoms with E-state index in [-0.39, 0.29) is 31.0 Å². The van der Waals surface area contributed by atoms with Gasteiger partial charge in [0, 0.05) is 21.2 Å². The van der Waals surface area contributed by atoms with E-state index in [1.54, 1.807) is 7.05 Å². The van der Waals surface area contributed by atoms with Crippen LogP contribution in [0.4, 0.5) is 4.79 Å². The molecule has 30 heavy (non-hydrogen) atoms. The van der Waals surface area contributed by atoms with Gasteiger partial charge in [0.2, 0.25) is 5.91 Å². The third kappa shape index (κ3) is 9.32. The molecule has 0 saturated heterocycles. The van der Waals surface area contributed by atoms with Gasteiger partial charge in [0.15, 0.2) is 0 Å². The van der Waals surface area contributed by atoms with Crippen molar-refractivity contribution >= 4 is 18.0 Å². The third-order valence-corrected chi connectivity index (χ3v) is 4.98. The highest BCUT2D eigenvalue weighted by molar-refractivity contribution is 5.89. The van der Waals surface area contributed by atoms with Crippen LogP contribution in [-0.4, -0.2) is 80.9 Å². The maximum absolute atomic E-state index is 13.3. The van der Waals surface area contributed by atoms with Gasteiger partial charge >= 0.3 is 12.1 Å². The van der Waals surface area contributed by atoms with Crippen LogP contribution in [0.1, 0.15) is 60.3 Å². The van der Waals surface area contributed by atoms with Crippen molar-refractivity contribution in [3.8, 4) is 0 Å². The lowest BCUT2D eigenvalue weighted by Crippen LogP contribution is -2.56. The fourth-order valence-corrected chi connectivity index (χ4v) is 3.34. The Morgan fingerprint density at radius 1 is 0.767 bits per heavy atom. The van der Waals surface area contributed by atoms with Crippen molar-refractivity contribution in [2.75, 3.05) is 41.0 Å². The molecule has 8 heteroatoms. The smallest absolute Gasteiger partial charge is 0.410 e. The number of likely N-dealkylation sites (N-methyl/N-ethyl adjacent to an activating group) is 2. The summed E-state index contributed by atoms with van der Waals surface area (Å²) in [5, 5.41) is 0. The number of esters is 1. The Balaban J connectivity index is 5.21. The van der Waals surface area contributed by atoms with Gasteiger partial charge in [-0.15, -0.1) is 0 Å². The Bertz CT molecular complexity index is 524. The molecule has 8 nitrogen and oxygen atoms in total. The number of amides is 2. The quantitative estimate of drug-likeness (QED) is 0.310. The fraction of sp³-hybridized carbons (Fsp3) is 0.864. The van der Waals surface area contributed by atoms with Crippen LogP contribution < -0.4 is 0 Å². The standard InChI is InChI=1S/C22H42N2O6/c1-9-10-11-12-13-29-21(26)19(17(4)5)23(6)20(25)18(16(2)3)24(7)22(27)30-15-14-28-8/h16-19H,9-15H2,1-8H3. The minimum Gasteiger partial charge on any atom is -0.464 e. The van der Waals surface area contributed by atoms with Crippen molar-refractivity contribution in [3.05, 3.63) is 0 Å². The molecule has 0 bridgehead atoms. The summed E-state index contributed by atoms with van der Waals surface area (Å²) in [5.41, 5.74) is 0. The third-order valence-electron chi connectivity index (χ3n) is 4.98. The van der Waals surface area contributed by atoms with Gasteiger partial charge in [-0.2, -0.15) is 0 Å². The molecule has 0 fully saturated rings. The average Bonchev–Trinajstić information content (AvgIpc) is 2.67. The molecule has 0 aromatic rings. The number of ether oxygens (including phenoxy) is 3. The van der Waals surface area contributed by atoms with Crippen LogP contribution in [0.25, 0.3) is 0 Å². The van der Waals surface area contributed by atoms with Crippen molar-refractivity contribution in [3.63, 3.8) is 0 Å². The monoisotopic (exact) mass is 430 g/mol. The fourth-order valence-electron chi connectivity index (χ4n) is 3.34. The molecular weight excluding hydrogens is 388 g/mol. The molecule has 0 aromatic carbocycles. The highest BCUT2D eigenvalue weighted by Gasteiger charge is 2.38. The van der Waals surface area contributed by atoms with E-state index >= 15 is 0 Å². The van der Waals surface area contributed by atoms with Crippen LogP contribution in [0.2, 0.25) is 0 Å². The van der Waals surface area contributed by atoms with E-state index in [4.69, 9.17) is 14.2 Å². The highest BCUT2D eigenvalue weighted by atomic mass is 16.6. The number of hydrogen-bond donors (Lipinski definition) is 0. The summed E-state index contributed by atoms with van der Waals surface area (Å²) in [5.74, 6) is -1.03. The lowest BCUT2D eigenvalue weighted by molar-refractivity contribution is -0.158. The Morgan fingerprint density at radius 3 is 1.87 bits per heavy atom. The summed E-state index contributed by atoms with van der Waals surface area (Å²) in [6.07, 6.45) is 3.43. The predicted octanol–water partition coefficient (Wildman–Crippen LogP) is 3.33. The van der Waals surface area contributed by atoms with Crippen LogP contribution in [-0.2, 0) is 23.8 Å². The van der Waals surface area contributed by atoms with Gasteiger partial charge in [-0.25, -0.2) is 9.59 Å². The van der Waals surface area contributed by atoms with E-state index < -0.39 is 24.1 Å². The SMILES string of the molecule is CCCCCCOC(=O)C(C(C)C)N(C)C(=O)C(C(C)C)N(C)C(=O)OCCOC. The summed E-state index contributed by atoms with van der Waals surface area (Å²) in [6.45, 7) is 10.3. The van der Waals surface area contributed by atoms with Crippen LogP contribution in [0.5, 0.6) is 0 Å². The van der Waals surface area contributed by atoms with Crippen molar-refractivity contribution in [2.24, 2.45) is 11.8 Å². The van der Waals surface area contributed by atoms with Gasteiger partial charge in [-0.3, -0.25) is 9.69 Å². The van der Waals surface area contributed by atoms with Crippen LogP contribution in [0.15, 0.2) is 0 Å². The van der Waals surface area contributed by atoms with E-state index in [1.807, 2.05) is 27.7 Å². The van der Waals surface area contributed by atoms with Gasteiger partial charge in [0.05, 0.1) is 13.2 Å². The van der Waals surface area contributed by atoms with Gasteiger partial charge in [0.25, 0.3) is 0 Å². The Kier molecular flexibility index (Phi) is 14.1. The van der Waals surface area contributed by atoms with Gasteiger partial charge in [0.1, 0.15) is 18.7 Å². The molecule has 0 aliphatic carbocycles. The first-order valence-corrected chi connectivity index (χ1v) is 10.9. The van der Waals surface area contributed by atoms with Gasteiger partial charge in [-0.1, -0.05) is 53.9 Å². The predicted molar refractivity (Wildman–Crippen MR) is 116 cm³/mol. The van der Waals surface area contributed by atoms with Gasteiger partial charge < -0.3 is 19.1 Å². The second-order valence-corrected chi connectivity index (χ2v) is 8.27. The molecule has 0 rings (SSSR count). The second kappa shape index (κ2) is 15.0. The molecule has 2 atom stereocenters. The molecule has 2 amide bonds. The first-order chi connectivity index (χ1) is 14.1. The molecule has 0 radical (unpaired) electrons. The first kappa shape index (κ1) is 28.2. The molecule has 0 N–H and O–H groups in total. The lowest BCUT2D eigenvalue weighted by atomic mass is 9.98. The Morgan fingerprint density at radius 2 is 1.37 bits per heavy atom. The normalized spacial score (nSPS) is 13.1. The van der Waals surface area contributed by atoms with Crippen molar-refractivity contribution in [1.82, 2.24) is 9.80 Å². The Labute approximate surface area is 182 Å². The highest BCUT2D eigenvalue weighted by Crippen LogP contribution is 2.19. The van der Waals surface area contributed by atoms with Crippen LogP contribution in [0, 0.1) is 11.8 Å². The molecule has 2 unspecified atom stereocenters. The summed E-state index contributed by atoms with van der Waals surface area (Å²) in [4.78, 5) is 41.0. The lowest BCUT2D eigenvalue weighted by Gasteiger charge is -2.36. The number of unbranched alkanes of at least 4 members (excludes halogenated alkanes) is 3. The number of methoxy groups -OCH3 is 1. The van der Waals surface area contributed by atoms with E-state index in [1.165, 1.54) is 24.0 Å². The van der Waals surface area contributed by atoms with Crippen LogP contribution in [0.3, 0.4) is 0 Å². The van der Waals surface area contributed by atoms with E-state index in [9.17, 15) is 14.4 Å². The zero-order chi connectivity index (χ0) is 23.3. The molecule has 0 aliphatic heterocycles. The summed E-state index contributed by atoms with van der Waals surface area (Å²) in [6, 6.07) is -1.48. The largest absolute Gasteiger partial charge is 0.464 e. The summed E-state index contributed by atoms with van der Waals surface area (Å²) in [7, 11) is 4.63. The number of carbonyl (C=O) groups is 3. The number of rotatable bonds is 14. The molecule has 0 spiro atoms. The molecule has 176 valence electrons. The topological polar surface area (TPSA) is 85.4 Å². The maximum Gasteiger partial charge on any atom is 0.410 e. The number of hydrogen-bond acceptors (Lipinski definition) is 6. The zero-order valence-electron chi connectivity index (χ0n) is 20.1. The van der Waals surface area contributed by atoms with E-state index in [0.717, 1.165) is 25.7 Å². The first-order valence-electron chi connectivity index (χ1n) is 10.9. The minimum atomic E-state index is -0.761. The summed E-state index contributed by atoms with van der Waals surface area (Å²) >= 11 is 0. The van der Waals surface area contributed by atoms with Gasteiger partial charge in [-0.05, 0) is 18.3 Å². The molecular formula is C22H42N2O6. The number of carbonyl (C=O) groups excluding carboxylic acids is 3. The molecule has 0 heterocycles. The maximum atomic E-state index is 13.3. The van der Waals surface area contributed by atoms with Crippen molar-refractivity contribution in [1.29, 1.82) is 0 Å². The average molecular weight is 431 g/mol. The summed E-state index contributed by atoms with van der Waals surface area (Å²) < 4.78 is 15.5. The molecule has 0 aromatic heterocycles. The van der Waals surface area contributed by atoms with E-state index in [2.05, 4.69) is 6.92 Å².